The minimum absolute atomic E-state index is 0.0969. The Kier molecular flexibility index (Phi) is 3.46. The molecule has 0 radical (unpaired) electrons. The third-order valence-corrected chi connectivity index (χ3v) is 3.23. The molecule has 3 N–H and O–H groups in total. The van der Waals surface area contributed by atoms with Crippen LogP contribution in [0.5, 0.6) is 0 Å². The smallest absolute Gasteiger partial charge is 0.320 e. The summed E-state index contributed by atoms with van der Waals surface area (Å²) in [5.41, 5.74) is 0. The summed E-state index contributed by atoms with van der Waals surface area (Å²) in [6, 6.07) is 0. The van der Waals surface area contributed by atoms with Gasteiger partial charge in [0.1, 0.15) is 0 Å². The summed E-state index contributed by atoms with van der Waals surface area (Å²) in [5.74, 6) is -2.19. The quantitative estimate of drug-likeness (QED) is 0.522. The van der Waals surface area contributed by atoms with Gasteiger partial charge in [0, 0.05) is 6.54 Å². The van der Waals surface area contributed by atoms with Crippen molar-refractivity contribution < 1.29 is 23.4 Å². The van der Waals surface area contributed by atoms with E-state index in [9.17, 15) is 18.3 Å². The highest BCUT2D eigenvalue weighted by atomic mass is 32.2. The number of aliphatic hydroxyl groups excluding tert-OH is 1. The maximum absolute atomic E-state index is 11.0. The van der Waals surface area contributed by atoms with Crippen molar-refractivity contribution in [1.29, 1.82) is 0 Å². The molecule has 6 nitrogen and oxygen atoms in total. The van der Waals surface area contributed by atoms with E-state index in [-0.39, 0.29) is 12.5 Å². The lowest BCUT2D eigenvalue weighted by atomic mass is 10.2. The van der Waals surface area contributed by atoms with E-state index in [1.807, 2.05) is 0 Å². The maximum atomic E-state index is 11.0. The first kappa shape index (κ1) is 11.4. The van der Waals surface area contributed by atoms with Crippen LogP contribution in [0.1, 0.15) is 12.8 Å². The Hall–Kier alpha value is -0.660. The highest BCUT2D eigenvalue weighted by Gasteiger charge is 2.30. The fourth-order valence-electron chi connectivity index (χ4n) is 1.07. The van der Waals surface area contributed by atoms with Crippen LogP contribution >= 0.6 is 0 Å². The lowest BCUT2D eigenvalue weighted by Crippen LogP contribution is -2.36. The Morgan fingerprint density at radius 1 is 1.50 bits per heavy atom. The normalized spacial score (nSPS) is 19.2. The van der Waals surface area contributed by atoms with Gasteiger partial charge < -0.3 is 10.2 Å². The van der Waals surface area contributed by atoms with Crippen molar-refractivity contribution in [2.45, 2.75) is 18.9 Å². The molecule has 7 heteroatoms. The van der Waals surface area contributed by atoms with Crippen LogP contribution in [-0.2, 0) is 14.8 Å². The van der Waals surface area contributed by atoms with Crippen molar-refractivity contribution in [2.24, 2.45) is 5.92 Å². The molecule has 0 aliphatic heterocycles. The molecule has 0 amide bonds. The zero-order valence-electron chi connectivity index (χ0n) is 7.51. The van der Waals surface area contributed by atoms with Crippen molar-refractivity contribution in [3.8, 4) is 0 Å². The Bertz CT molecular complexity index is 308. The van der Waals surface area contributed by atoms with Crippen LogP contribution < -0.4 is 4.72 Å². The molecule has 82 valence electrons. The molecule has 1 saturated carbocycles. The van der Waals surface area contributed by atoms with Crippen LogP contribution in [0.3, 0.4) is 0 Å². The molecule has 1 unspecified atom stereocenters. The number of rotatable bonds is 6. The van der Waals surface area contributed by atoms with Gasteiger partial charge in [-0.25, -0.2) is 13.1 Å². The minimum Gasteiger partial charge on any atom is -0.480 e. The standard InChI is InChI=1S/C7H13NO5S/c9-6(5-1-2-5)3-8-14(12,13)4-7(10)11/h5-6,8-9H,1-4H2,(H,10,11). The Labute approximate surface area is 82.0 Å². The molecule has 0 heterocycles. The molecule has 1 aliphatic rings. The number of nitrogens with one attached hydrogen (secondary N) is 1. The lowest BCUT2D eigenvalue weighted by Gasteiger charge is -2.09. The summed E-state index contributed by atoms with van der Waals surface area (Å²) in [6.07, 6.45) is 1.11. The average Bonchev–Trinajstić information content (AvgIpc) is 2.79. The number of hydrogen-bond donors (Lipinski definition) is 3. The van der Waals surface area contributed by atoms with Gasteiger partial charge in [-0.15, -0.1) is 0 Å². The van der Waals surface area contributed by atoms with E-state index in [1.165, 1.54) is 0 Å². The van der Waals surface area contributed by atoms with Gasteiger partial charge in [0.15, 0.2) is 5.75 Å². The summed E-state index contributed by atoms with van der Waals surface area (Å²) in [7, 11) is -3.79. The molecule has 0 aromatic carbocycles. The highest BCUT2D eigenvalue weighted by Crippen LogP contribution is 2.32. The monoisotopic (exact) mass is 223 g/mol. The Morgan fingerprint density at radius 3 is 2.50 bits per heavy atom. The fraction of sp³-hybridized carbons (Fsp3) is 0.857. The topological polar surface area (TPSA) is 104 Å². The number of sulfonamides is 1. The van der Waals surface area contributed by atoms with Gasteiger partial charge in [0.05, 0.1) is 6.10 Å². The molecule has 1 fully saturated rings. The highest BCUT2D eigenvalue weighted by molar-refractivity contribution is 7.90. The molecule has 14 heavy (non-hydrogen) atoms. The molecule has 0 bridgehead atoms. The SMILES string of the molecule is O=C(O)CS(=O)(=O)NCC(O)C1CC1. The van der Waals surface area contributed by atoms with E-state index >= 15 is 0 Å². The molecular weight excluding hydrogens is 210 g/mol. The number of aliphatic carboxylic acids is 1. The van der Waals surface area contributed by atoms with Crippen molar-refractivity contribution in [3.05, 3.63) is 0 Å². The van der Waals surface area contributed by atoms with Crippen molar-refractivity contribution in [2.75, 3.05) is 12.3 Å². The summed E-state index contributed by atoms with van der Waals surface area (Å²) in [4.78, 5) is 10.1. The first-order valence-corrected chi connectivity index (χ1v) is 5.93. The number of carboxylic acid groups (broad SMARTS) is 1. The second-order valence-corrected chi connectivity index (χ2v) is 5.21. The summed E-state index contributed by atoms with van der Waals surface area (Å²) in [5, 5.41) is 17.6. The van der Waals surface area contributed by atoms with Crippen molar-refractivity contribution >= 4 is 16.0 Å². The van der Waals surface area contributed by atoms with Gasteiger partial charge in [-0.1, -0.05) is 0 Å². The molecule has 1 atom stereocenters. The summed E-state index contributed by atoms with van der Waals surface area (Å²) < 4.78 is 24.0. The molecule has 1 rings (SSSR count). The number of carboxylic acids is 1. The lowest BCUT2D eigenvalue weighted by molar-refractivity contribution is -0.134. The molecular formula is C7H13NO5S. The molecule has 0 spiro atoms. The molecule has 0 saturated heterocycles. The average molecular weight is 223 g/mol. The Balaban J connectivity index is 2.31. The van der Waals surface area contributed by atoms with Gasteiger partial charge >= 0.3 is 5.97 Å². The number of aliphatic hydroxyl groups is 1. The van der Waals surface area contributed by atoms with Gasteiger partial charge in [0.25, 0.3) is 0 Å². The largest absolute Gasteiger partial charge is 0.480 e. The van der Waals surface area contributed by atoms with Crippen LogP contribution in [0.2, 0.25) is 0 Å². The zero-order valence-corrected chi connectivity index (χ0v) is 8.33. The summed E-state index contributed by atoms with van der Waals surface area (Å²) >= 11 is 0. The van der Waals surface area contributed by atoms with Gasteiger partial charge in [0.2, 0.25) is 10.0 Å². The van der Waals surface area contributed by atoms with Crippen LogP contribution in [-0.4, -0.2) is 43.0 Å². The van der Waals surface area contributed by atoms with Crippen LogP contribution in [0.25, 0.3) is 0 Å². The first-order chi connectivity index (χ1) is 6.41. The second kappa shape index (κ2) is 4.24. The molecule has 1 aliphatic carbocycles. The third kappa shape index (κ3) is 4.03. The fourth-order valence-corrected chi connectivity index (χ4v) is 1.93. The second-order valence-electron chi connectivity index (χ2n) is 3.41. The summed E-state index contributed by atoms with van der Waals surface area (Å²) in [6.45, 7) is -0.0969. The molecule has 0 aromatic rings. The van der Waals surface area contributed by atoms with Crippen molar-refractivity contribution in [1.82, 2.24) is 4.72 Å². The van der Waals surface area contributed by atoms with E-state index in [2.05, 4.69) is 4.72 Å². The van der Waals surface area contributed by atoms with Crippen molar-refractivity contribution in [3.63, 3.8) is 0 Å². The third-order valence-electron chi connectivity index (χ3n) is 1.99. The first-order valence-electron chi connectivity index (χ1n) is 4.28. The predicted molar refractivity (Wildman–Crippen MR) is 48.2 cm³/mol. The van der Waals surface area contributed by atoms with E-state index in [0.717, 1.165) is 12.8 Å². The van der Waals surface area contributed by atoms with Crippen LogP contribution in [0.4, 0.5) is 0 Å². The van der Waals surface area contributed by atoms with E-state index in [0.29, 0.717) is 0 Å². The van der Waals surface area contributed by atoms with E-state index in [4.69, 9.17) is 5.11 Å². The zero-order chi connectivity index (χ0) is 10.8. The van der Waals surface area contributed by atoms with Gasteiger partial charge in [-0.2, -0.15) is 0 Å². The van der Waals surface area contributed by atoms with Gasteiger partial charge in [-0.3, -0.25) is 4.79 Å². The molecule has 0 aromatic heterocycles. The van der Waals surface area contributed by atoms with Gasteiger partial charge in [-0.05, 0) is 18.8 Å². The van der Waals surface area contributed by atoms with Crippen LogP contribution in [0, 0.1) is 5.92 Å². The van der Waals surface area contributed by atoms with E-state index in [1.54, 1.807) is 0 Å². The Morgan fingerprint density at radius 2 is 2.07 bits per heavy atom. The van der Waals surface area contributed by atoms with E-state index < -0.39 is 27.8 Å². The van der Waals surface area contributed by atoms with Crippen LogP contribution in [0.15, 0.2) is 0 Å². The number of hydrogen-bond acceptors (Lipinski definition) is 4. The number of carbonyl (C=O) groups is 1. The minimum atomic E-state index is -3.79. The predicted octanol–water partition coefficient (Wildman–Crippen LogP) is -1.24. The maximum Gasteiger partial charge on any atom is 0.320 e.